The number of carbonyl (C=O) groups excluding carboxylic acids is 1. The van der Waals surface area contributed by atoms with Crippen LogP contribution in [-0.4, -0.2) is 17.7 Å². The van der Waals surface area contributed by atoms with Crippen molar-refractivity contribution in [3.05, 3.63) is 21.9 Å². The minimum Gasteiger partial charge on any atom is -0.464 e. The quantitative estimate of drug-likeness (QED) is 0.755. The summed E-state index contributed by atoms with van der Waals surface area (Å²) in [6, 6.07) is 3.60. The van der Waals surface area contributed by atoms with Crippen LogP contribution in [0.5, 0.6) is 0 Å². The average Bonchev–Trinajstić information content (AvgIpc) is 2.51. The lowest BCUT2D eigenvalue weighted by Gasteiger charge is -2.06. The zero-order chi connectivity index (χ0) is 9.84. The van der Waals surface area contributed by atoms with Gasteiger partial charge in [-0.1, -0.05) is 0 Å². The van der Waals surface area contributed by atoms with Crippen LogP contribution in [0, 0.1) is 6.92 Å². The summed E-state index contributed by atoms with van der Waals surface area (Å²) in [5.74, 6) is -0.579. The van der Waals surface area contributed by atoms with Crippen molar-refractivity contribution in [2.24, 2.45) is 0 Å². The average molecular weight is 200 g/mol. The summed E-state index contributed by atoms with van der Waals surface area (Å²) in [7, 11) is 0. The van der Waals surface area contributed by atoms with Gasteiger partial charge in [0.1, 0.15) is 0 Å². The maximum atomic E-state index is 11.1. The van der Waals surface area contributed by atoms with Crippen molar-refractivity contribution >= 4 is 17.3 Å². The minimum atomic E-state index is -1.13. The standard InChI is InChI=1S/C9H12O3S/c1-3-12-9(11)8(10)7-5-4-6(2)13-7/h4-5,8,10H,3H2,1-2H3/t8-/m0/s1. The molecule has 0 radical (unpaired) electrons. The second kappa shape index (κ2) is 4.39. The molecule has 0 aromatic carbocycles. The summed E-state index contributed by atoms with van der Waals surface area (Å²) in [6.07, 6.45) is -1.13. The van der Waals surface area contributed by atoms with Gasteiger partial charge in [-0.15, -0.1) is 11.3 Å². The molecule has 0 aliphatic heterocycles. The van der Waals surface area contributed by atoms with Gasteiger partial charge in [0.15, 0.2) is 6.10 Å². The monoisotopic (exact) mass is 200 g/mol. The number of carbonyl (C=O) groups is 1. The Hall–Kier alpha value is -0.870. The van der Waals surface area contributed by atoms with Gasteiger partial charge in [0, 0.05) is 9.75 Å². The third-order valence-electron chi connectivity index (χ3n) is 1.54. The molecule has 1 heterocycles. The molecule has 0 unspecified atom stereocenters. The summed E-state index contributed by atoms with van der Waals surface area (Å²) >= 11 is 1.40. The topological polar surface area (TPSA) is 46.5 Å². The van der Waals surface area contributed by atoms with E-state index in [2.05, 4.69) is 4.74 Å². The van der Waals surface area contributed by atoms with E-state index in [9.17, 15) is 9.90 Å². The van der Waals surface area contributed by atoms with Crippen LogP contribution >= 0.6 is 11.3 Å². The molecule has 72 valence electrons. The van der Waals surface area contributed by atoms with Crippen LogP contribution in [0.2, 0.25) is 0 Å². The molecule has 3 nitrogen and oxygen atoms in total. The normalized spacial score (nSPS) is 12.5. The number of thiophene rings is 1. The Labute approximate surface area is 81.0 Å². The molecule has 1 rings (SSSR count). The Morgan fingerprint density at radius 2 is 2.38 bits per heavy atom. The number of aryl methyl sites for hydroxylation is 1. The van der Waals surface area contributed by atoms with Crippen molar-refractivity contribution in [3.63, 3.8) is 0 Å². The second-order valence-corrected chi connectivity index (χ2v) is 3.92. The summed E-state index contributed by atoms with van der Waals surface area (Å²) in [4.78, 5) is 12.8. The number of aliphatic hydroxyl groups excluding tert-OH is 1. The van der Waals surface area contributed by atoms with Gasteiger partial charge in [0.2, 0.25) is 0 Å². The molecule has 1 N–H and O–H groups in total. The predicted octanol–water partition coefficient (Wildman–Crippen LogP) is 1.65. The zero-order valence-electron chi connectivity index (χ0n) is 7.61. The number of esters is 1. The molecule has 0 saturated carbocycles. The van der Waals surface area contributed by atoms with Gasteiger partial charge in [-0.05, 0) is 26.0 Å². The molecule has 0 fully saturated rings. The molecule has 0 spiro atoms. The van der Waals surface area contributed by atoms with E-state index in [0.29, 0.717) is 11.5 Å². The highest BCUT2D eigenvalue weighted by molar-refractivity contribution is 7.12. The molecular weight excluding hydrogens is 188 g/mol. The fourth-order valence-electron chi connectivity index (χ4n) is 0.938. The molecular formula is C9H12O3S. The fourth-order valence-corrected chi connectivity index (χ4v) is 1.79. The summed E-state index contributed by atoms with van der Waals surface area (Å²) in [5.41, 5.74) is 0. The van der Waals surface area contributed by atoms with Crippen LogP contribution in [0.25, 0.3) is 0 Å². The first-order chi connectivity index (χ1) is 6.15. The molecule has 0 saturated heterocycles. The van der Waals surface area contributed by atoms with E-state index in [0.717, 1.165) is 4.88 Å². The minimum absolute atomic E-state index is 0.292. The van der Waals surface area contributed by atoms with Crippen molar-refractivity contribution in [3.8, 4) is 0 Å². The molecule has 13 heavy (non-hydrogen) atoms. The van der Waals surface area contributed by atoms with Crippen molar-refractivity contribution in [1.82, 2.24) is 0 Å². The summed E-state index contributed by atoms with van der Waals surface area (Å²) in [5, 5.41) is 9.47. The first-order valence-electron chi connectivity index (χ1n) is 4.06. The van der Waals surface area contributed by atoms with E-state index >= 15 is 0 Å². The van der Waals surface area contributed by atoms with Crippen molar-refractivity contribution in [1.29, 1.82) is 0 Å². The Balaban J connectivity index is 2.67. The van der Waals surface area contributed by atoms with Gasteiger partial charge in [-0.25, -0.2) is 4.79 Å². The molecule has 0 aliphatic carbocycles. The number of rotatable bonds is 3. The van der Waals surface area contributed by atoms with Crippen LogP contribution in [0.4, 0.5) is 0 Å². The highest BCUT2D eigenvalue weighted by Crippen LogP contribution is 2.23. The Bertz CT molecular complexity index is 293. The highest BCUT2D eigenvalue weighted by atomic mass is 32.1. The first-order valence-corrected chi connectivity index (χ1v) is 4.88. The largest absolute Gasteiger partial charge is 0.464 e. The van der Waals surface area contributed by atoms with Crippen molar-refractivity contribution in [2.75, 3.05) is 6.61 Å². The Kier molecular flexibility index (Phi) is 3.45. The number of hydrogen-bond acceptors (Lipinski definition) is 4. The van der Waals surface area contributed by atoms with E-state index in [1.165, 1.54) is 11.3 Å². The molecule has 1 aromatic heterocycles. The molecule has 4 heteroatoms. The van der Waals surface area contributed by atoms with E-state index < -0.39 is 12.1 Å². The lowest BCUT2D eigenvalue weighted by molar-refractivity contribution is -0.153. The van der Waals surface area contributed by atoms with Crippen LogP contribution in [0.3, 0.4) is 0 Å². The summed E-state index contributed by atoms with van der Waals surface area (Å²) < 4.78 is 4.69. The van der Waals surface area contributed by atoms with Gasteiger partial charge in [-0.2, -0.15) is 0 Å². The van der Waals surface area contributed by atoms with Crippen molar-refractivity contribution in [2.45, 2.75) is 20.0 Å². The van der Waals surface area contributed by atoms with E-state index in [-0.39, 0.29) is 0 Å². The van der Waals surface area contributed by atoms with Crippen LogP contribution in [0.1, 0.15) is 22.8 Å². The van der Waals surface area contributed by atoms with E-state index in [4.69, 9.17) is 0 Å². The number of hydrogen-bond donors (Lipinski definition) is 1. The van der Waals surface area contributed by atoms with Crippen LogP contribution in [0.15, 0.2) is 12.1 Å². The Morgan fingerprint density at radius 1 is 1.69 bits per heavy atom. The van der Waals surface area contributed by atoms with Gasteiger partial charge in [0.05, 0.1) is 6.61 Å². The van der Waals surface area contributed by atoms with E-state index in [1.807, 2.05) is 13.0 Å². The molecule has 1 atom stereocenters. The van der Waals surface area contributed by atoms with Gasteiger partial charge >= 0.3 is 5.97 Å². The van der Waals surface area contributed by atoms with Gasteiger partial charge < -0.3 is 9.84 Å². The Morgan fingerprint density at radius 3 is 2.85 bits per heavy atom. The zero-order valence-corrected chi connectivity index (χ0v) is 8.43. The maximum absolute atomic E-state index is 11.1. The second-order valence-electron chi connectivity index (χ2n) is 2.60. The van der Waals surface area contributed by atoms with Crippen LogP contribution in [-0.2, 0) is 9.53 Å². The lowest BCUT2D eigenvalue weighted by atomic mass is 10.3. The van der Waals surface area contributed by atoms with Gasteiger partial charge in [-0.3, -0.25) is 0 Å². The fraction of sp³-hybridized carbons (Fsp3) is 0.444. The first kappa shape index (κ1) is 10.2. The highest BCUT2D eigenvalue weighted by Gasteiger charge is 2.19. The van der Waals surface area contributed by atoms with E-state index in [1.54, 1.807) is 13.0 Å². The molecule has 0 bridgehead atoms. The molecule has 1 aromatic rings. The van der Waals surface area contributed by atoms with Gasteiger partial charge in [0.25, 0.3) is 0 Å². The van der Waals surface area contributed by atoms with Crippen molar-refractivity contribution < 1.29 is 14.6 Å². The lowest BCUT2D eigenvalue weighted by Crippen LogP contribution is -2.14. The summed E-state index contributed by atoms with van der Waals surface area (Å²) in [6.45, 7) is 3.93. The number of ether oxygens (including phenoxy) is 1. The molecule has 0 aliphatic rings. The number of aliphatic hydroxyl groups is 1. The SMILES string of the molecule is CCOC(=O)[C@@H](O)c1ccc(C)s1. The maximum Gasteiger partial charge on any atom is 0.340 e. The third-order valence-corrected chi connectivity index (χ3v) is 2.59. The van der Waals surface area contributed by atoms with Crippen LogP contribution < -0.4 is 0 Å². The smallest absolute Gasteiger partial charge is 0.340 e. The predicted molar refractivity (Wildman–Crippen MR) is 50.6 cm³/mol. The molecule has 0 amide bonds. The third kappa shape index (κ3) is 2.54.